The number of hydrogen-bond acceptors (Lipinski definition) is 3. The van der Waals surface area contributed by atoms with E-state index in [-0.39, 0.29) is 28.6 Å². The molecule has 0 aliphatic carbocycles. The third-order valence-electron chi connectivity index (χ3n) is 3.02. The molecule has 1 fully saturated rings. The number of nitrogens with zero attached hydrogens (tertiary/aromatic N) is 1. The quantitative estimate of drug-likeness (QED) is 0.508. The molecule has 1 heterocycles. The van der Waals surface area contributed by atoms with Crippen molar-refractivity contribution in [2.45, 2.75) is 52.2 Å². The molecule has 0 radical (unpaired) electrons. The van der Waals surface area contributed by atoms with Crippen LogP contribution in [0.25, 0.3) is 0 Å². The molecule has 1 aliphatic rings. The Kier molecular flexibility index (Phi) is 2.86. The average molecular weight is 201 g/mol. The Morgan fingerprint density at radius 1 is 1.36 bits per heavy atom. The van der Waals surface area contributed by atoms with E-state index in [9.17, 15) is 10.1 Å². The third-order valence-corrected chi connectivity index (χ3v) is 3.02. The second kappa shape index (κ2) is 3.50. The van der Waals surface area contributed by atoms with Gasteiger partial charge >= 0.3 is 0 Å². The van der Waals surface area contributed by atoms with Crippen LogP contribution in [0.4, 0.5) is 0 Å². The summed E-state index contributed by atoms with van der Waals surface area (Å²) < 4.78 is 5.76. The standard InChI is InChI=1S/C10H19NO3/c1-9(2)5-6-10(3,4)14-8(9)7-11(12)13/h8H,5-7H2,1-4H3/t8-/m0/s1. The van der Waals surface area contributed by atoms with Crippen molar-refractivity contribution in [3.8, 4) is 0 Å². The third kappa shape index (κ3) is 2.67. The predicted molar refractivity (Wildman–Crippen MR) is 53.8 cm³/mol. The van der Waals surface area contributed by atoms with Crippen molar-refractivity contribution in [2.24, 2.45) is 5.41 Å². The van der Waals surface area contributed by atoms with Crippen LogP contribution in [0.5, 0.6) is 0 Å². The molecular formula is C10H19NO3. The lowest BCUT2D eigenvalue weighted by Gasteiger charge is -2.44. The van der Waals surface area contributed by atoms with Crippen LogP contribution in [0, 0.1) is 15.5 Å². The molecule has 0 amide bonds. The van der Waals surface area contributed by atoms with E-state index >= 15 is 0 Å². The van der Waals surface area contributed by atoms with Gasteiger partial charge in [-0.05, 0) is 32.1 Å². The van der Waals surface area contributed by atoms with Gasteiger partial charge in [0.2, 0.25) is 6.54 Å². The summed E-state index contributed by atoms with van der Waals surface area (Å²) in [5, 5.41) is 10.5. The van der Waals surface area contributed by atoms with Gasteiger partial charge in [0, 0.05) is 4.92 Å². The van der Waals surface area contributed by atoms with E-state index < -0.39 is 0 Å². The minimum Gasteiger partial charge on any atom is -0.365 e. The normalized spacial score (nSPS) is 29.9. The van der Waals surface area contributed by atoms with E-state index in [2.05, 4.69) is 0 Å². The summed E-state index contributed by atoms with van der Waals surface area (Å²) in [4.78, 5) is 10.2. The Morgan fingerprint density at radius 2 is 1.93 bits per heavy atom. The van der Waals surface area contributed by atoms with Crippen molar-refractivity contribution in [3.05, 3.63) is 10.1 Å². The van der Waals surface area contributed by atoms with Crippen molar-refractivity contribution in [1.29, 1.82) is 0 Å². The van der Waals surface area contributed by atoms with Crippen molar-refractivity contribution in [3.63, 3.8) is 0 Å². The number of rotatable bonds is 2. The fourth-order valence-electron chi connectivity index (χ4n) is 1.81. The molecule has 1 aliphatic heterocycles. The van der Waals surface area contributed by atoms with Crippen molar-refractivity contribution < 1.29 is 9.66 Å². The Hall–Kier alpha value is -0.640. The maximum absolute atomic E-state index is 10.5. The minimum absolute atomic E-state index is 0.0808. The van der Waals surface area contributed by atoms with E-state index in [0.717, 1.165) is 12.8 Å². The molecule has 0 aromatic heterocycles. The summed E-state index contributed by atoms with van der Waals surface area (Å²) in [5.41, 5.74) is -0.293. The van der Waals surface area contributed by atoms with Gasteiger partial charge in [0.15, 0.2) is 0 Å². The summed E-state index contributed by atoms with van der Waals surface area (Å²) in [6.07, 6.45) is 1.69. The lowest BCUT2D eigenvalue weighted by atomic mass is 9.76. The first kappa shape index (κ1) is 11.4. The Bertz CT molecular complexity index is 236. The second-order valence-corrected chi connectivity index (χ2v) is 5.37. The zero-order valence-corrected chi connectivity index (χ0v) is 9.37. The first-order chi connectivity index (χ1) is 6.23. The summed E-state index contributed by atoms with van der Waals surface area (Å²) in [7, 11) is 0. The van der Waals surface area contributed by atoms with E-state index in [1.807, 2.05) is 27.7 Å². The van der Waals surface area contributed by atoms with Crippen molar-refractivity contribution in [1.82, 2.24) is 0 Å². The number of nitro groups is 1. The summed E-state index contributed by atoms with van der Waals surface area (Å²) >= 11 is 0. The Morgan fingerprint density at radius 3 is 2.43 bits per heavy atom. The minimum atomic E-state index is -0.284. The molecule has 1 atom stereocenters. The molecule has 0 saturated carbocycles. The molecule has 4 heteroatoms. The van der Waals surface area contributed by atoms with Gasteiger partial charge in [-0.3, -0.25) is 10.1 Å². The highest BCUT2D eigenvalue weighted by Gasteiger charge is 2.43. The van der Waals surface area contributed by atoms with Crippen LogP contribution in [0.1, 0.15) is 40.5 Å². The lowest BCUT2D eigenvalue weighted by molar-refractivity contribution is -0.500. The zero-order valence-electron chi connectivity index (χ0n) is 9.37. The van der Waals surface area contributed by atoms with Gasteiger partial charge in [0.25, 0.3) is 0 Å². The molecule has 0 bridgehead atoms. The fourth-order valence-corrected chi connectivity index (χ4v) is 1.81. The van der Waals surface area contributed by atoms with Crippen molar-refractivity contribution in [2.75, 3.05) is 6.54 Å². The molecule has 0 aromatic rings. The SMILES string of the molecule is CC1(C)CCC(C)(C)[C@H](C[N+](=O)[O-])O1. The summed E-state index contributed by atoms with van der Waals surface area (Å²) in [6, 6.07) is 0. The Balaban J connectivity index is 2.71. The summed E-state index contributed by atoms with van der Waals surface area (Å²) in [5.74, 6) is 0. The summed E-state index contributed by atoms with van der Waals surface area (Å²) in [6.45, 7) is 7.98. The topological polar surface area (TPSA) is 52.4 Å². The Labute approximate surface area is 84.8 Å². The highest BCUT2D eigenvalue weighted by molar-refractivity contribution is 4.89. The highest BCUT2D eigenvalue weighted by atomic mass is 16.6. The zero-order chi connectivity index (χ0) is 11.0. The van der Waals surface area contributed by atoms with Crippen LogP contribution in [-0.4, -0.2) is 23.2 Å². The molecule has 1 rings (SSSR count). The van der Waals surface area contributed by atoms with Gasteiger partial charge in [0.1, 0.15) is 6.10 Å². The first-order valence-electron chi connectivity index (χ1n) is 5.03. The maximum Gasteiger partial charge on any atom is 0.230 e. The van der Waals surface area contributed by atoms with Crippen LogP contribution in [-0.2, 0) is 4.74 Å². The number of hydrogen-bond donors (Lipinski definition) is 0. The van der Waals surface area contributed by atoms with Gasteiger partial charge in [-0.2, -0.15) is 0 Å². The largest absolute Gasteiger partial charge is 0.365 e. The fraction of sp³-hybridized carbons (Fsp3) is 1.00. The van der Waals surface area contributed by atoms with Crippen LogP contribution < -0.4 is 0 Å². The van der Waals surface area contributed by atoms with Gasteiger partial charge in [0.05, 0.1) is 5.60 Å². The molecule has 0 aromatic carbocycles. The molecule has 4 nitrogen and oxygen atoms in total. The van der Waals surface area contributed by atoms with Gasteiger partial charge < -0.3 is 4.74 Å². The van der Waals surface area contributed by atoms with Crippen LogP contribution in [0.2, 0.25) is 0 Å². The molecule has 0 spiro atoms. The van der Waals surface area contributed by atoms with Gasteiger partial charge in [-0.25, -0.2) is 0 Å². The van der Waals surface area contributed by atoms with E-state index in [4.69, 9.17) is 4.74 Å². The molecule has 0 N–H and O–H groups in total. The molecule has 14 heavy (non-hydrogen) atoms. The predicted octanol–water partition coefficient (Wildman–Crippen LogP) is 2.25. The lowest BCUT2D eigenvalue weighted by Crippen LogP contribution is -2.48. The maximum atomic E-state index is 10.5. The van der Waals surface area contributed by atoms with Crippen molar-refractivity contribution >= 4 is 0 Å². The molecule has 82 valence electrons. The van der Waals surface area contributed by atoms with Crippen LogP contribution >= 0.6 is 0 Å². The van der Waals surface area contributed by atoms with Gasteiger partial charge in [-0.1, -0.05) is 13.8 Å². The van der Waals surface area contributed by atoms with Crippen LogP contribution in [0.15, 0.2) is 0 Å². The average Bonchev–Trinajstić information content (AvgIpc) is 1.97. The molecule has 0 unspecified atom stereocenters. The first-order valence-corrected chi connectivity index (χ1v) is 5.03. The van der Waals surface area contributed by atoms with E-state index in [0.29, 0.717) is 0 Å². The monoisotopic (exact) mass is 201 g/mol. The second-order valence-electron chi connectivity index (χ2n) is 5.37. The van der Waals surface area contributed by atoms with Gasteiger partial charge in [-0.15, -0.1) is 0 Å². The highest BCUT2D eigenvalue weighted by Crippen LogP contribution is 2.40. The van der Waals surface area contributed by atoms with Crippen LogP contribution in [0.3, 0.4) is 0 Å². The molecule has 1 saturated heterocycles. The van der Waals surface area contributed by atoms with E-state index in [1.54, 1.807) is 0 Å². The number of ether oxygens (including phenoxy) is 1. The smallest absolute Gasteiger partial charge is 0.230 e. The molecular weight excluding hydrogens is 182 g/mol. The van der Waals surface area contributed by atoms with E-state index in [1.165, 1.54) is 0 Å².